The summed E-state index contributed by atoms with van der Waals surface area (Å²) in [5.41, 5.74) is -4.49. The van der Waals surface area contributed by atoms with Crippen molar-refractivity contribution < 1.29 is 30.6 Å². The number of hydrogen-bond acceptors (Lipinski definition) is 4. The maximum absolute atomic E-state index is 13.1. The Morgan fingerprint density at radius 3 is 1.62 bits per heavy atom. The van der Waals surface area contributed by atoms with Crippen molar-refractivity contribution in [3.05, 3.63) is 72.8 Å². The molecule has 5 rings (SSSR count). The molecular formula is C21H13F3NO4PS2. The van der Waals surface area contributed by atoms with Crippen LogP contribution in [0.25, 0.3) is 32.7 Å². The summed E-state index contributed by atoms with van der Waals surface area (Å²) in [5, 5.41) is 3.23. The molecule has 0 aromatic heterocycles. The molecule has 0 saturated heterocycles. The molecule has 0 aliphatic carbocycles. The van der Waals surface area contributed by atoms with Gasteiger partial charge in [0, 0.05) is 11.1 Å². The highest BCUT2D eigenvalue weighted by Gasteiger charge is 2.49. The summed E-state index contributed by atoms with van der Waals surface area (Å²) in [7, 11) is -5.91. The van der Waals surface area contributed by atoms with Gasteiger partial charge in [-0.2, -0.15) is 21.6 Å². The summed E-state index contributed by atoms with van der Waals surface area (Å²) in [6.45, 7) is -4.23. The zero-order valence-corrected chi connectivity index (χ0v) is 18.6. The van der Waals surface area contributed by atoms with Crippen LogP contribution in [0.5, 0.6) is 11.5 Å². The van der Waals surface area contributed by atoms with E-state index in [4.69, 9.17) is 9.05 Å². The minimum Gasteiger partial charge on any atom is -0.422 e. The lowest BCUT2D eigenvalue weighted by Crippen LogP contribution is -2.20. The van der Waals surface area contributed by atoms with E-state index >= 15 is 0 Å². The van der Waals surface area contributed by atoms with Crippen molar-refractivity contribution in [3.8, 4) is 22.6 Å². The van der Waals surface area contributed by atoms with E-state index in [0.717, 1.165) is 21.5 Å². The van der Waals surface area contributed by atoms with Gasteiger partial charge in [-0.05, 0) is 33.7 Å². The molecule has 4 aromatic rings. The molecule has 0 spiro atoms. The van der Waals surface area contributed by atoms with Gasteiger partial charge in [0.15, 0.2) is 0 Å². The first-order valence-corrected chi connectivity index (χ1v) is 13.4. The summed E-state index contributed by atoms with van der Waals surface area (Å²) in [6.07, 6.45) is 0. The van der Waals surface area contributed by atoms with Gasteiger partial charge < -0.3 is 9.05 Å². The number of sulfonamides is 1. The van der Waals surface area contributed by atoms with Gasteiger partial charge >= 0.3 is 22.2 Å². The van der Waals surface area contributed by atoms with E-state index < -0.39 is 22.2 Å². The number of fused-ring (bicyclic) bond motifs is 7. The largest absolute Gasteiger partial charge is 0.518 e. The molecule has 5 nitrogen and oxygen atoms in total. The fourth-order valence-electron chi connectivity index (χ4n) is 3.66. The van der Waals surface area contributed by atoms with E-state index in [1.165, 1.54) is 0 Å². The molecule has 0 amide bonds. The molecular weight excluding hydrogens is 482 g/mol. The van der Waals surface area contributed by atoms with Crippen molar-refractivity contribution in [2.75, 3.05) is 0 Å². The second-order valence-corrected chi connectivity index (χ2v) is 11.9. The Bertz CT molecular complexity index is 1480. The lowest BCUT2D eigenvalue weighted by molar-refractivity contribution is -0.0435. The van der Waals surface area contributed by atoms with Crippen molar-refractivity contribution in [3.63, 3.8) is 0 Å². The van der Waals surface area contributed by atoms with Gasteiger partial charge in [-0.15, -0.1) is 0 Å². The van der Waals surface area contributed by atoms with Crippen LogP contribution in [0.3, 0.4) is 0 Å². The molecule has 11 heteroatoms. The molecule has 0 atom stereocenters. The van der Waals surface area contributed by atoms with Crippen LogP contribution in [0.2, 0.25) is 0 Å². The fraction of sp³-hybridized carbons (Fsp3) is 0.0476. The zero-order chi connectivity index (χ0) is 22.7. The number of alkyl halides is 3. The molecule has 1 aliphatic rings. The van der Waals surface area contributed by atoms with Crippen molar-refractivity contribution in [1.82, 2.24) is 0 Å². The second-order valence-electron chi connectivity index (χ2n) is 7.00. The maximum Gasteiger partial charge on any atom is 0.518 e. The van der Waals surface area contributed by atoms with Gasteiger partial charge in [0.1, 0.15) is 11.5 Å². The van der Waals surface area contributed by atoms with Crippen LogP contribution < -0.4 is 9.05 Å². The van der Waals surface area contributed by atoms with Crippen LogP contribution in [-0.4, -0.2) is 13.9 Å². The lowest BCUT2D eigenvalue weighted by Gasteiger charge is -2.18. The average Bonchev–Trinajstić information content (AvgIpc) is 2.85. The number of hydrogen-bond donors (Lipinski definition) is 1. The smallest absolute Gasteiger partial charge is 0.422 e. The van der Waals surface area contributed by atoms with Crippen LogP contribution in [-0.2, 0) is 10.0 Å². The Kier molecular flexibility index (Phi) is 4.74. The molecule has 164 valence electrons. The molecule has 1 heterocycles. The Labute approximate surface area is 186 Å². The number of thiol groups is 1. The Morgan fingerprint density at radius 2 is 1.19 bits per heavy atom. The van der Waals surface area contributed by atoms with E-state index in [1.807, 2.05) is 48.5 Å². The quantitative estimate of drug-likeness (QED) is 0.225. The van der Waals surface area contributed by atoms with Crippen molar-refractivity contribution in [1.29, 1.82) is 0 Å². The van der Waals surface area contributed by atoms with Crippen molar-refractivity contribution in [2.24, 2.45) is 4.15 Å². The highest BCUT2D eigenvalue weighted by atomic mass is 32.7. The fourth-order valence-corrected chi connectivity index (χ4v) is 7.63. The first-order chi connectivity index (χ1) is 15.1. The molecule has 0 fully saturated rings. The molecule has 0 radical (unpaired) electrons. The first kappa shape index (κ1) is 21.2. The highest BCUT2D eigenvalue weighted by Crippen LogP contribution is 2.63. The van der Waals surface area contributed by atoms with Gasteiger partial charge in [-0.3, -0.25) is 0 Å². The van der Waals surface area contributed by atoms with Crippen LogP contribution in [0.1, 0.15) is 0 Å². The van der Waals surface area contributed by atoms with E-state index in [1.54, 1.807) is 24.3 Å². The van der Waals surface area contributed by atoms with Gasteiger partial charge in [-0.25, -0.2) is 0 Å². The SMILES string of the molecule is O=S(=O)(N=P1(S)Oc2ccc3ccccc3c2-c2c(ccc3ccccc23)O1)C(F)(F)F. The van der Waals surface area contributed by atoms with E-state index in [-0.39, 0.29) is 11.5 Å². The van der Waals surface area contributed by atoms with Gasteiger partial charge in [0.25, 0.3) is 0 Å². The van der Waals surface area contributed by atoms with E-state index in [2.05, 4.69) is 16.4 Å². The summed E-state index contributed by atoms with van der Waals surface area (Å²) in [6, 6.07) is 21.4. The summed E-state index contributed by atoms with van der Waals surface area (Å²) in [4.78, 5) is 0. The third-order valence-corrected chi connectivity index (χ3v) is 9.26. The minimum atomic E-state index is -5.91. The summed E-state index contributed by atoms with van der Waals surface area (Å²) in [5.74, 6) is 0.256. The standard InChI is InChI=1S/C21H13F3NO4PS2/c22-21(23,24)32(26,27)25-30(31)28-17-11-9-13-5-1-3-7-15(13)19(17)20-16-8-4-2-6-14(16)10-12-18(20)29-30/h1-12,31H. The van der Waals surface area contributed by atoms with Crippen molar-refractivity contribution >= 4 is 50.5 Å². The number of rotatable bonds is 1. The van der Waals surface area contributed by atoms with Crippen molar-refractivity contribution in [2.45, 2.75) is 5.51 Å². The van der Waals surface area contributed by atoms with Gasteiger partial charge in [0.2, 0.25) is 0 Å². The van der Waals surface area contributed by atoms with Crippen LogP contribution >= 0.6 is 19.0 Å². The normalized spacial score (nSPS) is 15.2. The Balaban J connectivity index is 1.91. The van der Waals surface area contributed by atoms with Crippen LogP contribution in [0, 0.1) is 0 Å². The third-order valence-electron chi connectivity index (χ3n) is 4.97. The minimum absolute atomic E-state index is 0.128. The molecule has 1 aliphatic heterocycles. The Hall–Kier alpha value is -2.68. The second kappa shape index (κ2) is 7.16. The zero-order valence-electron chi connectivity index (χ0n) is 15.9. The van der Waals surface area contributed by atoms with E-state index in [9.17, 15) is 21.6 Å². The number of halogens is 3. The maximum atomic E-state index is 13.1. The lowest BCUT2D eigenvalue weighted by atomic mass is 9.92. The Morgan fingerprint density at radius 1 is 0.750 bits per heavy atom. The monoisotopic (exact) mass is 495 g/mol. The third kappa shape index (κ3) is 3.43. The topological polar surface area (TPSA) is 65.0 Å². The number of benzene rings is 4. The predicted molar refractivity (Wildman–Crippen MR) is 121 cm³/mol. The summed E-state index contributed by atoms with van der Waals surface area (Å²) < 4.78 is 77.2. The van der Waals surface area contributed by atoms with E-state index in [0.29, 0.717) is 11.1 Å². The average molecular weight is 495 g/mol. The summed E-state index contributed by atoms with van der Waals surface area (Å²) >= 11 is 4.10. The molecule has 32 heavy (non-hydrogen) atoms. The predicted octanol–water partition coefficient (Wildman–Crippen LogP) is 7.16. The van der Waals surface area contributed by atoms with Gasteiger partial charge in [0.05, 0.1) is 0 Å². The molecule has 0 saturated carbocycles. The highest BCUT2D eigenvalue weighted by molar-refractivity contribution is 8.46. The van der Waals surface area contributed by atoms with Crippen LogP contribution in [0.15, 0.2) is 76.9 Å². The first-order valence-electron chi connectivity index (χ1n) is 9.19. The number of nitrogens with zero attached hydrogens (tertiary/aromatic N) is 1. The van der Waals surface area contributed by atoms with Gasteiger partial charge in [-0.1, -0.05) is 77.1 Å². The molecule has 0 N–H and O–H groups in total. The van der Waals surface area contributed by atoms with Crippen LogP contribution in [0.4, 0.5) is 13.2 Å². The molecule has 4 aromatic carbocycles. The molecule has 0 bridgehead atoms. The molecule has 0 unspecified atom stereocenters.